The zero-order valence-corrected chi connectivity index (χ0v) is 15.8. The first-order valence-electron chi connectivity index (χ1n) is 8.30. The van der Waals surface area contributed by atoms with Gasteiger partial charge in [-0.2, -0.15) is 13.2 Å². The Hall–Kier alpha value is -1.90. The minimum absolute atomic E-state index is 0.346. The van der Waals surface area contributed by atoms with Gasteiger partial charge in [-0.15, -0.1) is 0 Å². The van der Waals surface area contributed by atoms with Crippen molar-refractivity contribution in [2.24, 2.45) is 5.92 Å². The van der Waals surface area contributed by atoms with E-state index < -0.39 is 11.7 Å². The molecule has 0 spiro atoms. The zero-order chi connectivity index (χ0) is 18.7. The molecule has 0 radical (unpaired) electrons. The first-order chi connectivity index (χ1) is 12.3. The summed E-state index contributed by atoms with van der Waals surface area (Å²) in [5.41, 5.74) is -0.670. The summed E-state index contributed by atoms with van der Waals surface area (Å²) in [7, 11) is 1.78. The number of halogens is 4. The smallest absolute Gasteiger partial charge is 0.359 e. The highest BCUT2D eigenvalue weighted by atomic mass is 79.9. The Bertz CT molecular complexity index is 730. The third-order valence-electron chi connectivity index (χ3n) is 4.50. The molecular formula is C17H19BrF3N5. The molecule has 5 nitrogen and oxygen atoms in total. The van der Waals surface area contributed by atoms with Crippen LogP contribution in [0.1, 0.15) is 18.4 Å². The molecule has 0 unspecified atom stereocenters. The predicted molar refractivity (Wildman–Crippen MR) is 97.2 cm³/mol. The van der Waals surface area contributed by atoms with Crippen LogP contribution < -0.4 is 9.80 Å². The Balaban J connectivity index is 1.56. The van der Waals surface area contributed by atoms with Gasteiger partial charge in [-0.05, 0) is 46.8 Å². The molecule has 0 bridgehead atoms. The summed E-state index contributed by atoms with van der Waals surface area (Å²) in [6.45, 7) is 2.33. The number of anilines is 2. The predicted octanol–water partition coefficient (Wildman–Crippen LogP) is 4.01. The molecule has 1 fully saturated rings. The van der Waals surface area contributed by atoms with Crippen LogP contribution in [-0.2, 0) is 6.18 Å². The molecule has 0 saturated carbocycles. The van der Waals surface area contributed by atoms with Crippen molar-refractivity contribution in [2.75, 3.05) is 36.5 Å². The van der Waals surface area contributed by atoms with E-state index in [1.807, 2.05) is 0 Å². The molecule has 1 aliphatic rings. The quantitative estimate of drug-likeness (QED) is 0.734. The van der Waals surface area contributed by atoms with Crippen LogP contribution in [0, 0.1) is 5.92 Å². The standard InChI is InChI=1S/C17H19BrF3N5/c1-25(15-8-13(2-5-22-15)17(19,20)21)11-12-3-6-26(7-4-12)16-23-9-14(18)10-24-16/h2,5,8-10,12H,3-4,6-7,11H2,1H3. The maximum Gasteiger partial charge on any atom is 0.416 e. The number of hydrogen-bond acceptors (Lipinski definition) is 5. The molecule has 1 aliphatic heterocycles. The second kappa shape index (κ2) is 7.77. The lowest BCUT2D eigenvalue weighted by Crippen LogP contribution is -2.38. The molecule has 1 saturated heterocycles. The second-order valence-corrected chi connectivity index (χ2v) is 7.33. The Morgan fingerprint density at radius 2 is 1.85 bits per heavy atom. The van der Waals surface area contributed by atoms with Crippen LogP contribution >= 0.6 is 15.9 Å². The Labute approximate surface area is 158 Å². The van der Waals surface area contributed by atoms with Crippen LogP contribution in [-0.4, -0.2) is 41.6 Å². The van der Waals surface area contributed by atoms with Crippen LogP contribution in [0.2, 0.25) is 0 Å². The van der Waals surface area contributed by atoms with Gasteiger partial charge in [0.25, 0.3) is 0 Å². The molecule has 26 heavy (non-hydrogen) atoms. The van der Waals surface area contributed by atoms with Gasteiger partial charge >= 0.3 is 6.18 Å². The van der Waals surface area contributed by atoms with Crippen molar-refractivity contribution in [1.29, 1.82) is 0 Å². The number of hydrogen-bond donors (Lipinski definition) is 0. The molecule has 0 amide bonds. The molecule has 0 atom stereocenters. The number of alkyl halides is 3. The van der Waals surface area contributed by atoms with Gasteiger partial charge in [0.05, 0.1) is 10.0 Å². The molecule has 140 valence electrons. The fourth-order valence-corrected chi connectivity index (χ4v) is 3.27. The van der Waals surface area contributed by atoms with E-state index in [2.05, 4.69) is 35.8 Å². The maximum atomic E-state index is 12.9. The van der Waals surface area contributed by atoms with Gasteiger partial charge < -0.3 is 9.80 Å². The summed E-state index contributed by atoms with van der Waals surface area (Å²) >= 11 is 3.32. The minimum atomic E-state index is -4.35. The number of piperidine rings is 1. The monoisotopic (exact) mass is 429 g/mol. The SMILES string of the molecule is CN(CC1CCN(c2ncc(Br)cn2)CC1)c1cc(C(F)(F)F)ccn1. The average molecular weight is 430 g/mol. The summed E-state index contributed by atoms with van der Waals surface area (Å²) in [6.07, 6.45) is 2.17. The van der Waals surface area contributed by atoms with Crippen molar-refractivity contribution >= 4 is 27.7 Å². The van der Waals surface area contributed by atoms with E-state index in [1.54, 1.807) is 24.3 Å². The van der Waals surface area contributed by atoms with Crippen molar-refractivity contribution < 1.29 is 13.2 Å². The minimum Gasteiger partial charge on any atom is -0.359 e. The highest BCUT2D eigenvalue weighted by Gasteiger charge is 2.31. The van der Waals surface area contributed by atoms with Gasteiger partial charge in [0.1, 0.15) is 5.82 Å². The average Bonchev–Trinajstić information content (AvgIpc) is 2.62. The van der Waals surface area contributed by atoms with Crippen LogP contribution in [0.25, 0.3) is 0 Å². The third-order valence-corrected chi connectivity index (χ3v) is 4.91. The van der Waals surface area contributed by atoms with Crippen molar-refractivity contribution in [3.05, 3.63) is 40.8 Å². The van der Waals surface area contributed by atoms with Gasteiger partial charge in [-0.1, -0.05) is 0 Å². The lowest BCUT2D eigenvalue weighted by atomic mass is 9.96. The van der Waals surface area contributed by atoms with Gasteiger partial charge in [0.15, 0.2) is 0 Å². The lowest BCUT2D eigenvalue weighted by Gasteiger charge is -2.34. The highest BCUT2D eigenvalue weighted by Crippen LogP contribution is 2.31. The number of nitrogens with zero attached hydrogens (tertiary/aromatic N) is 5. The Morgan fingerprint density at radius 1 is 1.19 bits per heavy atom. The third kappa shape index (κ3) is 4.63. The molecular weight excluding hydrogens is 411 g/mol. The van der Waals surface area contributed by atoms with Gasteiger partial charge in [0.2, 0.25) is 5.95 Å². The number of aromatic nitrogens is 3. The summed E-state index contributed by atoms with van der Waals surface area (Å²) < 4.78 is 39.4. The van der Waals surface area contributed by atoms with E-state index in [-0.39, 0.29) is 0 Å². The maximum absolute atomic E-state index is 12.9. The molecule has 9 heteroatoms. The highest BCUT2D eigenvalue weighted by molar-refractivity contribution is 9.10. The van der Waals surface area contributed by atoms with Crippen LogP contribution in [0.5, 0.6) is 0 Å². The molecule has 3 rings (SSSR count). The van der Waals surface area contributed by atoms with Gasteiger partial charge in [-0.3, -0.25) is 0 Å². The number of rotatable bonds is 4. The first kappa shape index (κ1) is 18.9. The van der Waals surface area contributed by atoms with Gasteiger partial charge in [0, 0.05) is 45.3 Å². The van der Waals surface area contributed by atoms with E-state index in [1.165, 1.54) is 6.20 Å². The molecule has 2 aromatic rings. The lowest BCUT2D eigenvalue weighted by molar-refractivity contribution is -0.137. The normalized spacial score (nSPS) is 16.0. The van der Waals surface area contributed by atoms with Crippen LogP contribution in [0.3, 0.4) is 0 Å². The summed E-state index contributed by atoms with van der Waals surface area (Å²) in [5, 5.41) is 0. The summed E-state index contributed by atoms with van der Waals surface area (Å²) in [5.74, 6) is 1.45. The fourth-order valence-electron chi connectivity index (χ4n) is 3.07. The number of pyridine rings is 1. The summed E-state index contributed by atoms with van der Waals surface area (Å²) in [4.78, 5) is 16.6. The van der Waals surface area contributed by atoms with E-state index >= 15 is 0 Å². The zero-order valence-electron chi connectivity index (χ0n) is 14.2. The fraction of sp³-hybridized carbons (Fsp3) is 0.471. The van der Waals surface area contributed by atoms with E-state index in [0.29, 0.717) is 24.2 Å². The molecule has 0 aromatic carbocycles. The first-order valence-corrected chi connectivity index (χ1v) is 9.09. The van der Waals surface area contributed by atoms with Crippen molar-refractivity contribution in [3.8, 4) is 0 Å². The van der Waals surface area contributed by atoms with E-state index in [9.17, 15) is 13.2 Å². The van der Waals surface area contributed by atoms with Crippen molar-refractivity contribution in [2.45, 2.75) is 19.0 Å². The van der Waals surface area contributed by atoms with Crippen LogP contribution in [0.4, 0.5) is 24.9 Å². The molecule has 0 aliphatic carbocycles. The topological polar surface area (TPSA) is 45.2 Å². The summed E-state index contributed by atoms with van der Waals surface area (Å²) in [6, 6.07) is 2.10. The molecule has 0 N–H and O–H groups in total. The molecule has 2 aromatic heterocycles. The van der Waals surface area contributed by atoms with Crippen LogP contribution in [0.15, 0.2) is 35.2 Å². The van der Waals surface area contributed by atoms with E-state index in [4.69, 9.17) is 0 Å². The molecule has 3 heterocycles. The van der Waals surface area contributed by atoms with Crippen molar-refractivity contribution in [1.82, 2.24) is 15.0 Å². The Kier molecular flexibility index (Phi) is 5.64. The van der Waals surface area contributed by atoms with Gasteiger partial charge in [-0.25, -0.2) is 15.0 Å². The van der Waals surface area contributed by atoms with Crippen molar-refractivity contribution in [3.63, 3.8) is 0 Å². The van der Waals surface area contributed by atoms with E-state index in [0.717, 1.165) is 42.5 Å². The second-order valence-electron chi connectivity index (χ2n) is 6.41. The Morgan fingerprint density at radius 3 is 2.46 bits per heavy atom. The largest absolute Gasteiger partial charge is 0.416 e.